The van der Waals surface area contributed by atoms with Gasteiger partial charge in [0.15, 0.2) is 5.96 Å². The van der Waals surface area contributed by atoms with Gasteiger partial charge in [-0.3, -0.25) is 4.79 Å². The summed E-state index contributed by atoms with van der Waals surface area (Å²) in [6, 6.07) is 3.83. The second-order valence-electron chi connectivity index (χ2n) is 7.54. The molecule has 1 aromatic heterocycles. The summed E-state index contributed by atoms with van der Waals surface area (Å²) in [7, 11) is 5.30. The van der Waals surface area contributed by atoms with E-state index in [-0.39, 0.29) is 11.3 Å². The maximum Gasteiger partial charge on any atom is 0.230 e. The van der Waals surface area contributed by atoms with Crippen molar-refractivity contribution in [2.45, 2.75) is 39.2 Å². The van der Waals surface area contributed by atoms with E-state index in [0.717, 1.165) is 37.8 Å². The minimum atomic E-state index is -0.345. The monoisotopic (exact) mass is 405 g/mol. The fourth-order valence-corrected chi connectivity index (χ4v) is 3.65. The number of pyridine rings is 1. The number of nitrogens with zero attached hydrogens (tertiary/aromatic N) is 3. The number of hydrogen-bond acceptors (Lipinski definition) is 5. The minimum absolute atomic E-state index is 0.194. The van der Waals surface area contributed by atoms with E-state index < -0.39 is 0 Å². The Morgan fingerprint density at radius 2 is 2.03 bits per heavy atom. The van der Waals surface area contributed by atoms with Crippen LogP contribution in [-0.2, 0) is 16.1 Å². The maximum atomic E-state index is 12.8. The molecular weight excluding hydrogens is 370 g/mol. The third kappa shape index (κ3) is 6.59. The Balaban J connectivity index is 2.06. The SMILES string of the molecule is CCNC(=NCc1cccnc1OCCOC)NCC1(C(=O)N(C)C)CCCC1. The third-order valence-corrected chi connectivity index (χ3v) is 5.14. The molecule has 0 saturated heterocycles. The highest BCUT2D eigenvalue weighted by atomic mass is 16.5. The molecular formula is C21H35N5O3. The third-order valence-electron chi connectivity index (χ3n) is 5.14. The molecule has 29 heavy (non-hydrogen) atoms. The van der Waals surface area contributed by atoms with Gasteiger partial charge in [0.25, 0.3) is 0 Å². The second kappa shape index (κ2) is 11.6. The normalized spacial score (nSPS) is 15.8. The van der Waals surface area contributed by atoms with E-state index in [0.29, 0.717) is 38.1 Å². The van der Waals surface area contributed by atoms with E-state index in [4.69, 9.17) is 9.47 Å². The van der Waals surface area contributed by atoms with Crippen LogP contribution in [0.25, 0.3) is 0 Å². The predicted octanol–water partition coefficient (Wildman–Crippen LogP) is 1.81. The summed E-state index contributed by atoms with van der Waals surface area (Å²) >= 11 is 0. The van der Waals surface area contributed by atoms with Crippen LogP contribution in [-0.4, -0.2) is 69.3 Å². The van der Waals surface area contributed by atoms with Gasteiger partial charge in [-0.05, 0) is 25.8 Å². The van der Waals surface area contributed by atoms with Gasteiger partial charge in [0.1, 0.15) is 6.61 Å². The van der Waals surface area contributed by atoms with Crippen LogP contribution in [0.5, 0.6) is 5.88 Å². The van der Waals surface area contributed by atoms with Crippen molar-refractivity contribution in [2.75, 3.05) is 47.5 Å². The fourth-order valence-electron chi connectivity index (χ4n) is 3.65. The standard InChI is InChI=1S/C21H35N5O3/c1-5-22-20(25-16-21(10-6-7-11-21)19(27)26(2)3)24-15-17-9-8-12-23-18(17)29-14-13-28-4/h8-9,12H,5-7,10-11,13-16H2,1-4H3,(H2,22,24,25). The quantitative estimate of drug-likeness (QED) is 0.351. The summed E-state index contributed by atoms with van der Waals surface area (Å²) in [5, 5.41) is 6.66. The van der Waals surface area contributed by atoms with E-state index in [2.05, 4.69) is 20.6 Å². The number of aliphatic imine (C=N–C) groups is 1. The summed E-state index contributed by atoms with van der Waals surface area (Å²) < 4.78 is 10.7. The first-order chi connectivity index (χ1) is 14.0. The highest BCUT2D eigenvalue weighted by Crippen LogP contribution is 2.38. The molecule has 1 aliphatic rings. The Bertz CT molecular complexity index is 672. The highest BCUT2D eigenvalue weighted by molar-refractivity contribution is 5.85. The van der Waals surface area contributed by atoms with Crippen LogP contribution in [0.1, 0.15) is 38.2 Å². The van der Waals surface area contributed by atoms with Crippen molar-refractivity contribution in [1.82, 2.24) is 20.5 Å². The Labute approximate surface area is 174 Å². The largest absolute Gasteiger partial charge is 0.475 e. The highest BCUT2D eigenvalue weighted by Gasteiger charge is 2.42. The molecule has 1 fully saturated rings. The van der Waals surface area contributed by atoms with Crippen molar-refractivity contribution in [3.63, 3.8) is 0 Å². The van der Waals surface area contributed by atoms with Crippen LogP contribution >= 0.6 is 0 Å². The van der Waals surface area contributed by atoms with Crippen molar-refractivity contribution < 1.29 is 14.3 Å². The number of aromatic nitrogens is 1. The molecule has 1 amide bonds. The summed E-state index contributed by atoms with van der Waals surface area (Å²) in [6.07, 6.45) is 5.71. The molecule has 0 spiro atoms. The van der Waals surface area contributed by atoms with Gasteiger partial charge in [0.05, 0.1) is 18.6 Å². The van der Waals surface area contributed by atoms with Gasteiger partial charge >= 0.3 is 0 Å². The number of ether oxygens (including phenoxy) is 2. The summed E-state index contributed by atoms with van der Waals surface area (Å²) in [4.78, 5) is 23.5. The van der Waals surface area contributed by atoms with E-state index in [1.807, 2.05) is 33.2 Å². The van der Waals surface area contributed by atoms with Crippen LogP contribution in [0.3, 0.4) is 0 Å². The molecule has 162 valence electrons. The number of guanidine groups is 1. The molecule has 2 rings (SSSR count). The Morgan fingerprint density at radius 3 is 2.69 bits per heavy atom. The Kier molecular flexibility index (Phi) is 9.18. The van der Waals surface area contributed by atoms with Crippen molar-refractivity contribution in [1.29, 1.82) is 0 Å². The van der Waals surface area contributed by atoms with Crippen molar-refractivity contribution in [2.24, 2.45) is 10.4 Å². The molecule has 0 aromatic carbocycles. The lowest BCUT2D eigenvalue weighted by Gasteiger charge is -2.31. The zero-order valence-corrected chi connectivity index (χ0v) is 18.2. The number of nitrogens with one attached hydrogen (secondary N) is 2. The zero-order chi connectivity index (χ0) is 21.1. The minimum Gasteiger partial charge on any atom is -0.475 e. The lowest BCUT2D eigenvalue weighted by molar-refractivity contribution is -0.138. The van der Waals surface area contributed by atoms with Gasteiger partial charge in [-0.2, -0.15) is 0 Å². The lowest BCUT2D eigenvalue weighted by atomic mass is 9.84. The number of hydrogen-bond donors (Lipinski definition) is 2. The maximum absolute atomic E-state index is 12.8. The molecule has 0 radical (unpaired) electrons. The van der Waals surface area contributed by atoms with Crippen molar-refractivity contribution in [3.05, 3.63) is 23.9 Å². The molecule has 1 saturated carbocycles. The van der Waals surface area contributed by atoms with Crippen LogP contribution in [0, 0.1) is 5.41 Å². The van der Waals surface area contributed by atoms with E-state index >= 15 is 0 Å². The zero-order valence-electron chi connectivity index (χ0n) is 18.2. The molecule has 1 heterocycles. The topological polar surface area (TPSA) is 88.1 Å². The average Bonchev–Trinajstić information content (AvgIpc) is 3.20. The number of carbonyl (C=O) groups excluding carboxylic acids is 1. The van der Waals surface area contributed by atoms with Crippen LogP contribution in [0.2, 0.25) is 0 Å². The smallest absolute Gasteiger partial charge is 0.230 e. The lowest BCUT2D eigenvalue weighted by Crippen LogP contribution is -2.49. The number of rotatable bonds is 10. The molecule has 8 nitrogen and oxygen atoms in total. The first kappa shape index (κ1) is 22.9. The Hall–Kier alpha value is -2.35. The number of carbonyl (C=O) groups is 1. The second-order valence-corrected chi connectivity index (χ2v) is 7.54. The first-order valence-corrected chi connectivity index (χ1v) is 10.3. The van der Waals surface area contributed by atoms with Gasteiger partial charge in [0, 0.05) is 46.1 Å². The van der Waals surface area contributed by atoms with Gasteiger partial charge < -0.3 is 25.0 Å². The molecule has 1 aliphatic carbocycles. The Morgan fingerprint density at radius 1 is 1.28 bits per heavy atom. The summed E-state index contributed by atoms with van der Waals surface area (Å²) in [6.45, 7) is 4.73. The number of amides is 1. The van der Waals surface area contributed by atoms with Crippen LogP contribution in [0.15, 0.2) is 23.3 Å². The van der Waals surface area contributed by atoms with Crippen LogP contribution in [0.4, 0.5) is 0 Å². The number of methoxy groups -OCH3 is 1. The molecule has 2 N–H and O–H groups in total. The molecule has 1 aromatic rings. The average molecular weight is 406 g/mol. The van der Waals surface area contributed by atoms with Gasteiger partial charge in [-0.15, -0.1) is 0 Å². The predicted molar refractivity (Wildman–Crippen MR) is 114 cm³/mol. The van der Waals surface area contributed by atoms with Crippen LogP contribution < -0.4 is 15.4 Å². The van der Waals surface area contributed by atoms with E-state index in [9.17, 15) is 4.79 Å². The van der Waals surface area contributed by atoms with Gasteiger partial charge in [0.2, 0.25) is 11.8 Å². The summed E-state index contributed by atoms with van der Waals surface area (Å²) in [5.41, 5.74) is 0.559. The van der Waals surface area contributed by atoms with Crippen molar-refractivity contribution >= 4 is 11.9 Å². The van der Waals surface area contributed by atoms with Crippen molar-refractivity contribution in [3.8, 4) is 5.88 Å². The van der Waals surface area contributed by atoms with Gasteiger partial charge in [-0.25, -0.2) is 9.98 Å². The summed E-state index contributed by atoms with van der Waals surface area (Å²) in [5.74, 6) is 1.45. The molecule has 0 unspecified atom stereocenters. The van der Waals surface area contributed by atoms with E-state index in [1.165, 1.54) is 0 Å². The fraction of sp³-hybridized carbons (Fsp3) is 0.667. The molecule has 0 bridgehead atoms. The molecule has 8 heteroatoms. The molecule has 0 atom stereocenters. The molecule has 0 aliphatic heterocycles. The first-order valence-electron chi connectivity index (χ1n) is 10.3. The van der Waals surface area contributed by atoms with E-state index in [1.54, 1.807) is 18.2 Å². The van der Waals surface area contributed by atoms with Gasteiger partial charge in [-0.1, -0.05) is 18.9 Å².